The second-order valence-electron chi connectivity index (χ2n) is 5.12. The van der Waals surface area contributed by atoms with Gasteiger partial charge in [-0.05, 0) is 53.9 Å². The molecule has 0 saturated heterocycles. The van der Waals surface area contributed by atoms with Crippen LogP contribution < -0.4 is 10.6 Å². The van der Waals surface area contributed by atoms with Crippen molar-refractivity contribution in [2.45, 2.75) is 19.9 Å². The molecule has 0 radical (unpaired) electrons. The minimum Gasteiger partial charge on any atom is -0.399 e. The van der Waals surface area contributed by atoms with Crippen LogP contribution >= 0.6 is 0 Å². The zero-order valence-electron chi connectivity index (χ0n) is 11.2. The number of carbonyl (C=O) groups is 1. The monoisotopic (exact) mass is 270 g/mol. The molecule has 0 spiro atoms. The predicted octanol–water partition coefficient (Wildman–Crippen LogP) is 2.81. The van der Waals surface area contributed by atoms with Crippen molar-refractivity contribution in [2.24, 2.45) is 0 Å². The number of nitrogens with zero attached hydrogens (tertiary/aromatic N) is 1. The lowest BCUT2D eigenvalue weighted by atomic mass is 10.1. The Labute approximate surface area is 116 Å². The second kappa shape index (κ2) is 4.63. The summed E-state index contributed by atoms with van der Waals surface area (Å²) in [5.41, 5.74) is 9.99. The van der Waals surface area contributed by atoms with Gasteiger partial charge in [0.05, 0.1) is 13.0 Å². The number of benzene rings is 2. The summed E-state index contributed by atoms with van der Waals surface area (Å²) in [5, 5.41) is 0. The van der Waals surface area contributed by atoms with Crippen LogP contribution in [0.3, 0.4) is 0 Å². The van der Waals surface area contributed by atoms with E-state index in [1.165, 1.54) is 12.1 Å². The van der Waals surface area contributed by atoms with Crippen molar-refractivity contribution in [1.29, 1.82) is 0 Å². The van der Waals surface area contributed by atoms with Gasteiger partial charge in [0.15, 0.2) is 0 Å². The van der Waals surface area contributed by atoms with Crippen LogP contribution in [0.15, 0.2) is 36.4 Å². The minimum absolute atomic E-state index is 0.0225. The van der Waals surface area contributed by atoms with Crippen molar-refractivity contribution in [3.63, 3.8) is 0 Å². The molecule has 4 heteroatoms. The van der Waals surface area contributed by atoms with Gasteiger partial charge >= 0.3 is 0 Å². The van der Waals surface area contributed by atoms with Crippen LogP contribution in [0, 0.1) is 12.7 Å². The molecule has 3 rings (SSSR count). The van der Waals surface area contributed by atoms with Gasteiger partial charge in [-0.1, -0.05) is 6.07 Å². The average molecular weight is 270 g/mol. The third-order valence-corrected chi connectivity index (χ3v) is 3.68. The first-order chi connectivity index (χ1) is 9.54. The van der Waals surface area contributed by atoms with Crippen LogP contribution in [-0.2, 0) is 17.8 Å². The molecule has 0 aliphatic carbocycles. The van der Waals surface area contributed by atoms with Crippen LogP contribution in [0.25, 0.3) is 0 Å². The van der Waals surface area contributed by atoms with Crippen molar-refractivity contribution >= 4 is 17.3 Å². The molecule has 0 fully saturated rings. The van der Waals surface area contributed by atoms with Gasteiger partial charge in [0.25, 0.3) is 0 Å². The van der Waals surface area contributed by atoms with Crippen LogP contribution in [0.2, 0.25) is 0 Å². The highest BCUT2D eigenvalue weighted by molar-refractivity contribution is 6.01. The normalized spacial score (nSPS) is 13.7. The molecule has 2 aromatic carbocycles. The molecule has 102 valence electrons. The number of nitrogen functional groups attached to an aromatic ring is 1. The Hall–Kier alpha value is -2.36. The van der Waals surface area contributed by atoms with Crippen molar-refractivity contribution in [3.8, 4) is 0 Å². The van der Waals surface area contributed by atoms with E-state index < -0.39 is 0 Å². The Balaban J connectivity index is 1.96. The van der Waals surface area contributed by atoms with Gasteiger partial charge in [-0.3, -0.25) is 4.79 Å². The lowest BCUT2D eigenvalue weighted by Gasteiger charge is -2.19. The lowest BCUT2D eigenvalue weighted by Crippen LogP contribution is -2.26. The maximum absolute atomic E-state index is 13.3. The maximum atomic E-state index is 13.3. The number of aryl methyl sites for hydroxylation is 1. The Morgan fingerprint density at radius 1 is 1.25 bits per heavy atom. The molecule has 2 aromatic rings. The summed E-state index contributed by atoms with van der Waals surface area (Å²) in [5.74, 6) is -0.260. The molecular formula is C16H15FN2O. The highest BCUT2D eigenvalue weighted by Crippen LogP contribution is 2.32. The number of nitrogens with two attached hydrogens (primary N) is 1. The number of amides is 1. The molecule has 0 bridgehead atoms. The molecule has 20 heavy (non-hydrogen) atoms. The molecule has 1 amide bonds. The van der Waals surface area contributed by atoms with E-state index in [1.54, 1.807) is 17.0 Å². The third-order valence-electron chi connectivity index (χ3n) is 3.68. The molecule has 1 heterocycles. The molecule has 0 unspecified atom stereocenters. The summed E-state index contributed by atoms with van der Waals surface area (Å²) in [6.07, 6.45) is 0.356. The van der Waals surface area contributed by atoms with E-state index in [2.05, 4.69) is 0 Å². The van der Waals surface area contributed by atoms with E-state index in [-0.39, 0.29) is 11.7 Å². The zero-order chi connectivity index (χ0) is 14.3. The van der Waals surface area contributed by atoms with Gasteiger partial charge in [-0.2, -0.15) is 0 Å². The fourth-order valence-corrected chi connectivity index (χ4v) is 2.56. The Morgan fingerprint density at radius 2 is 2.05 bits per heavy atom. The molecule has 1 aliphatic rings. The fraction of sp³-hybridized carbons (Fsp3) is 0.188. The molecule has 0 atom stereocenters. The van der Waals surface area contributed by atoms with Crippen LogP contribution in [0.4, 0.5) is 15.8 Å². The third kappa shape index (κ3) is 2.13. The summed E-state index contributed by atoms with van der Waals surface area (Å²) in [7, 11) is 0. The molecular weight excluding hydrogens is 255 g/mol. The lowest BCUT2D eigenvalue weighted by molar-refractivity contribution is -0.117. The van der Waals surface area contributed by atoms with E-state index in [1.807, 2.05) is 19.1 Å². The molecule has 2 N–H and O–H groups in total. The van der Waals surface area contributed by atoms with E-state index in [9.17, 15) is 9.18 Å². The number of rotatable bonds is 2. The maximum Gasteiger partial charge on any atom is 0.231 e. The zero-order valence-corrected chi connectivity index (χ0v) is 11.2. The summed E-state index contributed by atoms with van der Waals surface area (Å²) in [6, 6.07) is 10.1. The van der Waals surface area contributed by atoms with Gasteiger partial charge in [-0.15, -0.1) is 0 Å². The van der Waals surface area contributed by atoms with E-state index in [0.29, 0.717) is 18.7 Å². The SMILES string of the molecule is Cc1ccc(F)cc1CN1C(=O)Cc2cc(N)ccc21. The molecule has 0 saturated carbocycles. The van der Waals surface area contributed by atoms with Crippen LogP contribution in [0.1, 0.15) is 16.7 Å². The largest absolute Gasteiger partial charge is 0.399 e. The van der Waals surface area contributed by atoms with Crippen molar-refractivity contribution in [1.82, 2.24) is 0 Å². The number of hydrogen-bond acceptors (Lipinski definition) is 2. The topological polar surface area (TPSA) is 46.3 Å². The van der Waals surface area contributed by atoms with Gasteiger partial charge in [0.2, 0.25) is 5.91 Å². The minimum atomic E-state index is -0.283. The summed E-state index contributed by atoms with van der Waals surface area (Å²) in [6.45, 7) is 2.30. The van der Waals surface area contributed by atoms with Crippen molar-refractivity contribution < 1.29 is 9.18 Å². The van der Waals surface area contributed by atoms with Crippen LogP contribution in [0.5, 0.6) is 0 Å². The number of hydrogen-bond donors (Lipinski definition) is 1. The van der Waals surface area contributed by atoms with Gasteiger partial charge < -0.3 is 10.6 Å². The van der Waals surface area contributed by atoms with E-state index >= 15 is 0 Å². The Kier molecular flexibility index (Phi) is 2.93. The first-order valence-electron chi connectivity index (χ1n) is 6.48. The summed E-state index contributed by atoms with van der Waals surface area (Å²) >= 11 is 0. The Morgan fingerprint density at radius 3 is 2.85 bits per heavy atom. The average Bonchev–Trinajstić information content (AvgIpc) is 2.69. The Bertz CT molecular complexity index is 697. The highest BCUT2D eigenvalue weighted by atomic mass is 19.1. The molecule has 3 nitrogen and oxygen atoms in total. The molecule has 1 aliphatic heterocycles. The summed E-state index contributed by atoms with van der Waals surface area (Å²) < 4.78 is 13.3. The summed E-state index contributed by atoms with van der Waals surface area (Å²) in [4.78, 5) is 13.8. The highest BCUT2D eigenvalue weighted by Gasteiger charge is 2.27. The van der Waals surface area contributed by atoms with Gasteiger partial charge in [0.1, 0.15) is 5.82 Å². The standard InChI is InChI=1S/C16H15FN2O/c1-10-2-3-13(17)6-12(10)9-19-15-5-4-14(18)7-11(15)8-16(19)20/h2-7H,8-9,18H2,1H3. The first kappa shape index (κ1) is 12.7. The van der Waals surface area contributed by atoms with Crippen molar-refractivity contribution in [3.05, 3.63) is 58.9 Å². The van der Waals surface area contributed by atoms with Gasteiger partial charge in [0, 0.05) is 11.4 Å². The number of fused-ring (bicyclic) bond motifs is 1. The quantitative estimate of drug-likeness (QED) is 0.853. The predicted molar refractivity (Wildman–Crippen MR) is 76.9 cm³/mol. The van der Waals surface area contributed by atoms with E-state index in [0.717, 1.165) is 22.4 Å². The first-order valence-corrected chi connectivity index (χ1v) is 6.48. The van der Waals surface area contributed by atoms with E-state index in [4.69, 9.17) is 5.73 Å². The number of halogens is 1. The van der Waals surface area contributed by atoms with Gasteiger partial charge in [-0.25, -0.2) is 4.39 Å². The van der Waals surface area contributed by atoms with Crippen LogP contribution in [-0.4, -0.2) is 5.91 Å². The smallest absolute Gasteiger partial charge is 0.231 e. The molecule has 0 aromatic heterocycles. The van der Waals surface area contributed by atoms with Crippen molar-refractivity contribution in [2.75, 3.05) is 10.6 Å². The fourth-order valence-electron chi connectivity index (χ4n) is 2.56. The second-order valence-corrected chi connectivity index (χ2v) is 5.12. The number of carbonyl (C=O) groups excluding carboxylic acids is 1. The number of anilines is 2.